The highest BCUT2D eigenvalue weighted by atomic mass is 16.5. The monoisotopic (exact) mass is 347 g/mol. The molecule has 0 aliphatic heterocycles. The van der Waals surface area contributed by atoms with Crippen LogP contribution in [0.4, 0.5) is 5.69 Å². The summed E-state index contributed by atoms with van der Waals surface area (Å²) in [6.45, 7) is 1.80. The summed E-state index contributed by atoms with van der Waals surface area (Å²) in [7, 11) is 1.62. The number of carbonyl (C=O) groups is 1. The molecule has 1 amide bonds. The number of hydrogen-bond acceptors (Lipinski definition) is 4. The van der Waals surface area contributed by atoms with E-state index in [1.54, 1.807) is 20.2 Å². The van der Waals surface area contributed by atoms with E-state index in [0.29, 0.717) is 0 Å². The van der Waals surface area contributed by atoms with Crippen molar-refractivity contribution in [3.05, 3.63) is 72.3 Å². The van der Waals surface area contributed by atoms with Crippen LogP contribution >= 0.6 is 0 Å². The average Bonchev–Trinajstić information content (AvgIpc) is 2.68. The number of nitrogens with one attached hydrogen (secondary N) is 2. The molecule has 0 aliphatic carbocycles. The van der Waals surface area contributed by atoms with Gasteiger partial charge in [-0.3, -0.25) is 4.79 Å². The van der Waals surface area contributed by atoms with Gasteiger partial charge in [-0.05, 0) is 59.7 Å². The van der Waals surface area contributed by atoms with Crippen molar-refractivity contribution in [3.8, 4) is 5.75 Å². The Morgan fingerprint density at radius 3 is 2.50 bits per heavy atom. The summed E-state index contributed by atoms with van der Waals surface area (Å²) >= 11 is 0. The van der Waals surface area contributed by atoms with E-state index >= 15 is 0 Å². The molecule has 2 N–H and O–H groups in total. The summed E-state index contributed by atoms with van der Waals surface area (Å²) in [6, 6.07) is 21.1. The third kappa shape index (κ3) is 4.39. The maximum atomic E-state index is 12.2. The summed E-state index contributed by atoms with van der Waals surface area (Å²) < 4.78 is 5.10. The number of ether oxygens (including phenoxy) is 1. The Balaban J connectivity index is 1.57. The lowest BCUT2D eigenvalue weighted by Gasteiger charge is -2.14. The minimum Gasteiger partial charge on any atom is -0.497 e. The fraction of sp³-hybridized carbons (Fsp3) is 0.143. The SMILES string of the molecule is COc1ccc(/C=N\NC(=O)[C@@H](C)Nc2ccc3ccccc3c2)cc1. The average molecular weight is 347 g/mol. The van der Waals surface area contributed by atoms with E-state index in [1.165, 1.54) is 5.39 Å². The molecule has 0 fully saturated rings. The molecule has 3 aromatic carbocycles. The van der Waals surface area contributed by atoms with Crippen LogP contribution in [0.25, 0.3) is 10.8 Å². The van der Waals surface area contributed by atoms with Crippen molar-refractivity contribution >= 4 is 28.6 Å². The molecule has 132 valence electrons. The normalized spacial score (nSPS) is 12.1. The molecule has 0 aliphatic rings. The first-order valence-corrected chi connectivity index (χ1v) is 8.38. The highest BCUT2D eigenvalue weighted by Gasteiger charge is 2.11. The molecule has 3 rings (SSSR count). The number of nitrogens with zero attached hydrogens (tertiary/aromatic N) is 1. The van der Waals surface area contributed by atoms with Crippen LogP contribution in [0.5, 0.6) is 5.75 Å². The molecule has 0 aromatic heterocycles. The van der Waals surface area contributed by atoms with Crippen molar-refractivity contribution < 1.29 is 9.53 Å². The Hall–Kier alpha value is -3.34. The first-order valence-electron chi connectivity index (χ1n) is 8.38. The van der Waals surface area contributed by atoms with E-state index in [0.717, 1.165) is 22.4 Å². The number of benzene rings is 3. The zero-order valence-corrected chi connectivity index (χ0v) is 14.8. The van der Waals surface area contributed by atoms with Gasteiger partial charge >= 0.3 is 0 Å². The van der Waals surface area contributed by atoms with Crippen molar-refractivity contribution in [1.82, 2.24) is 5.43 Å². The van der Waals surface area contributed by atoms with Gasteiger partial charge in [-0.1, -0.05) is 30.3 Å². The molecule has 5 nitrogen and oxygen atoms in total. The molecule has 0 radical (unpaired) electrons. The Morgan fingerprint density at radius 1 is 1.04 bits per heavy atom. The fourth-order valence-electron chi connectivity index (χ4n) is 2.55. The lowest BCUT2D eigenvalue weighted by Crippen LogP contribution is -2.34. The number of hydrazone groups is 1. The zero-order chi connectivity index (χ0) is 18.4. The van der Waals surface area contributed by atoms with Crippen LogP contribution in [0.15, 0.2) is 71.8 Å². The second-order valence-electron chi connectivity index (χ2n) is 5.94. The van der Waals surface area contributed by atoms with Crippen LogP contribution < -0.4 is 15.5 Å². The van der Waals surface area contributed by atoms with Crippen molar-refractivity contribution in [3.63, 3.8) is 0 Å². The summed E-state index contributed by atoms with van der Waals surface area (Å²) in [4.78, 5) is 12.2. The molecule has 0 bridgehead atoms. The van der Waals surface area contributed by atoms with Crippen molar-refractivity contribution in [2.75, 3.05) is 12.4 Å². The quantitative estimate of drug-likeness (QED) is 0.527. The van der Waals surface area contributed by atoms with Gasteiger partial charge in [0.25, 0.3) is 5.91 Å². The molecule has 0 heterocycles. The van der Waals surface area contributed by atoms with E-state index in [4.69, 9.17) is 4.74 Å². The zero-order valence-electron chi connectivity index (χ0n) is 14.8. The van der Waals surface area contributed by atoms with Crippen LogP contribution in [0.2, 0.25) is 0 Å². The molecule has 0 unspecified atom stereocenters. The number of methoxy groups -OCH3 is 1. The Kier molecular flexibility index (Phi) is 5.49. The van der Waals surface area contributed by atoms with E-state index < -0.39 is 6.04 Å². The van der Waals surface area contributed by atoms with Gasteiger partial charge in [0.2, 0.25) is 0 Å². The van der Waals surface area contributed by atoms with Crippen LogP contribution in [-0.2, 0) is 4.79 Å². The van der Waals surface area contributed by atoms with Crippen LogP contribution in [0, 0.1) is 0 Å². The Morgan fingerprint density at radius 2 is 1.77 bits per heavy atom. The summed E-state index contributed by atoms with van der Waals surface area (Å²) in [5.74, 6) is 0.572. The number of fused-ring (bicyclic) bond motifs is 1. The molecule has 0 saturated carbocycles. The predicted molar refractivity (Wildman–Crippen MR) is 106 cm³/mol. The fourth-order valence-corrected chi connectivity index (χ4v) is 2.55. The van der Waals surface area contributed by atoms with Gasteiger partial charge in [0.05, 0.1) is 13.3 Å². The topological polar surface area (TPSA) is 62.7 Å². The van der Waals surface area contributed by atoms with Crippen LogP contribution in [0.1, 0.15) is 12.5 Å². The highest BCUT2D eigenvalue weighted by molar-refractivity contribution is 5.89. The number of carbonyl (C=O) groups excluding carboxylic acids is 1. The van der Waals surface area contributed by atoms with Gasteiger partial charge < -0.3 is 10.1 Å². The number of rotatable bonds is 6. The largest absolute Gasteiger partial charge is 0.497 e. The van der Waals surface area contributed by atoms with Crippen LogP contribution in [0.3, 0.4) is 0 Å². The van der Waals surface area contributed by atoms with E-state index in [-0.39, 0.29) is 5.91 Å². The van der Waals surface area contributed by atoms with Crippen molar-refractivity contribution in [2.24, 2.45) is 5.10 Å². The molecule has 3 aromatic rings. The molecule has 5 heteroatoms. The van der Waals surface area contributed by atoms with Crippen molar-refractivity contribution in [1.29, 1.82) is 0 Å². The summed E-state index contributed by atoms with van der Waals surface area (Å²) in [5, 5.41) is 9.49. The second-order valence-corrected chi connectivity index (χ2v) is 5.94. The van der Waals surface area contributed by atoms with Crippen LogP contribution in [-0.4, -0.2) is 25.3 Å². The molecule has 0 saturated heterocycles. The Bertz CT molecular complexity index is 920. The molecular weight excluding hydrogens is 326 g/mol. The maximum Gasteiger partial charge on any atom is 0.262 e. The molecular formula is C21H21N3O2. The van der Waals surface area contributed by atoms with Gasteiger partial charge in [-0.15, -0.1) is 0 Å². The van der Waals surface area contributed by atoms with Crippen molar-refractivity contribution in [2.45, 2.75) is 13.0 Å². The van der Waals surface area contributed by atoms with Gasteiger partial charge in [-0.2, -0.15) is 5.10 Å². The first-order chi connectivity index (χ1) is 12.7. The van der Waals surface area contributed by atoms with Gasteiger partial charge in [0, 0.05) is 5.69 Å². The first kappa shape index (κ1) is 17.5. The van der Waals surface area contributed by atoms with E-state index in [1.807, 2.05) is 60.7 Å². The second kappa shape index (κ2) is 8.16. The van der Waals surface area contributed by atoms with Gasteiger partial charge in [-0.25, -0.2) is 5.43 Å². The highest BCUT2D eigenvalue weighted by Crippen LogP contribution is 2.19. The standard InChI is InChI=1S/C21H21N3O2/c1-15(23-19-10-9-17-5-3-4-6-18(17)13-19)21(25)24-22-14-16-7-11-20(26-2)12-8-16/h3-15,23H,1-2H3,(H,24,25)/b22-14-/t15-/m1/s1. The Labute approximate surface area is 152 Å². The lowest BCUT2D eigenvalue weighted by atomic mass is 10.1. The number of hydrogen-bond donors (Lipinski definition) is 2. The summed E-state index contributed by atoms with van der Waals surface area (Å²) in [5.41, 5.74) is 4.32. The minimum absolute atomic E-state index is 0.206. The molecule has 1 atom stereocenters. The van der Waals surface area contributed by atoms with E-state index in [2.05, 4.69) is 21.9 Å². The molecule has 0 spiro atoms. The third-order valence-corrected chi connectivity index (χ3v) is 4.03. The number of amides is 1. The summed E-state index contributed by atoms with van der Waals surface area (Å²) in [6.07, 6.45) is 1.60. The predicted octanol–water partition coefficient (Wildman–Crippen LogP) is 3.80. The lowest BCUT2D eigenvalue weighted by molar-refractivity contribution is -0.121. The maximum absolute atomic E-state index is 12.2. The number of anilines is 1. The minimum atomic E-state index is -0.413. The van der Waals surface area contributed by atoms with Gasteiger partial charge in [0.1, 0.15) is 11.8 Å². The van der Waals surface area contributed by atoms with Gasteiger partial charge in [0.15, 0.2) is 0 Å². The smallest absolute Gasteiger partial charge is 0.262 e. The third-order valence-electron chi connectivity index (χ3n) is 4.03. The van der Waals surface area contributed by atoms with E-state index in [9.17, 15) is 4.79 Å². The molecule has 26 heavy (non-hydrogen) atoms.